The van der Waals surface area contributed by atoms with Crippen LogP contribution in [-0.2, 0) is 17.9 Å². The maximum atomic E-state index is 12.4. The van der Waals surface area contributed by atoms with Crippen molar-refractivity contribution in [3.8, 4) is 17.0 Å². The van der Waals surface area contributed by atoms with E-state index in [2.05, 4.69) is 15.3 Å². The molecule has 1 amide bonds. The summed E-state index contributed by atoms with van der Waals surface area (Å²) >= 11 is 0. The van der Waals surface area contributed by atoms with E-state index in [0.29, 0.717) is 11.4 Å². The van der Waals surface area contributed by atoms with Crippen molar-refractivity contribution in [2.75, 3.05) is 13.7 Å². The molecule has 0 fully saturated rings. The number of methoxy groups -OCH3 is 1. The van der Waals surface area contributed by atoms with Gasteiger partial charge in [-0.05, 0) is 30.2 Å². The van der Waals surface area contributed by atoms with E-state index in [-0.39, 0.29) is 42.6 Å². The Bertz CT molecular complexity index is 1170. The van der Waals surface area contributed by atoms with Crippen LogP contribution in [0.5, 0.6) is 5.75 Å². The number of carbonyl (C=O) groups excluding carboxylic acids is 1. The van der Waals surface area contributed by atoms with Crippen molar-refractivity contribution < 1.29 is 9.53 Å². The van der Waals surface area contributed by atoms with Gasteiger partial charge in [0, 0.05) is 30.8 Å². The van der Waals surface area contributed by atoms with E-state index < -0.39 is 0 Å². The highest BCUT2D eigenvalue weighted by atomic mass is 16.5. The zero-order valence-electron chi connectivity index (χ0n) is 17.7. The largest absolute Gasteiger partial charge is 0.497 e. The van der Waals surface area contributed by atoms with Crippen LogP contribution in [-0.4, -0.2) is 38.7 Å². The van der Waals surface area contributed by atoms with Gasteiger partial charge in [-0.3, -0.25) is 23.5 Å². The highest BCUT2D eigenvalue weighted by Gasteiger charge is 2.08. The third kappa shape index (κ3) is 5.65. The second-order valence-electron chi connectivity index (χ2n) is 7.32. The van der Waals surface area contributed by atoms with E-state index in [1.165, 1.54) is 33.9 Å². The van der Waals surface area contributed by atoms with Crippen molar-refractivity contribution >= 4 is 5.91 Å². The molecule has 0 unspecified atom stereocenters. The molecule has 1 N–H and O–H groups in total. The van der Waals surface area contributed by atoms with Crippen LogP contribution in [0.3, 0.4) is 0 Å². The number of nitrogens with zero attached hydrogens (tertiary/aromatic N) is 4. The van der Waals surface area contributed by atoms with Crippen LogP contribution in [0.2, 0.25) is 0 Å². The topological polar surface area (TPSA) is 108 Å². The fraction of sp³-hybridized carbons (Fsp3) is 0.318. The number of rotatable bonds is 8. The Hall–Kier alpha value is -3.75. The molecule has 0 atom stereocenters. The normalized spacial score (nSPS) is 10.8. The molecule has 9 heteroatoms. The molecule has 3 aromatic rings. The maximum absolute atomic E-state index is 12.4. The molecular formula is C22H25N5O4. The first-order chi connectivity index (χ1) is 14.9. The quantitative estimate of drug-likeness (QED) is 0.587. The van der Waals surface area contributed by atoms with Crippen molar-refractivity contribution in [3.63, 3.8) is 0 Å². The van der Waals surface area contributed by atoms with Crippen LogP contribution in [0.1, 0.15) is 25.5 Å². The van der Waals surface area contributed by atoms with Gasteiger partial charge in [-0.15, -0.1) is 0 Å². The van der Waals surface area contributed by atoms with Gasteiger partial charge in [0.2, 0.25) is 5.91 Å². The number of nitrogens with one attached hydrogen (secondary N) is 1. The van der Waals surface area contributed by atoms with Crippen molar-refractivity contribution in [3.05, 3.63) is 75.5 Å². The third-order valence-electron chi connectivity index (χ3n) is 4.75. The molecule has 0 bridgehead atoms. The number of ether oxygens (including phenoxy) is 1. The molecule has 31 heavy (non-hydrogen) atoms. The molecule has 0 aliphatic heterocycles. The van der Waals surface area contributed by atoms with Gasteiger partial charge in [0.1, 0.15) is 12.3 Å². The van der Waals surface area contributed by atoms with Crippen molar-refractivity contribution in [1.82, 2.24) is 24.4 Å². The molecule has 0 radical (unpaired) electrons. The Balaban J connectivity index is 1.56. The first-order valence-corrected chi connectivity index (χ1v) is 9.91. The van der Waals surface area contributed by atoms with E-state index in [0.717, 1.165) is 11.3 Å². The van der Waals surface area contributed by atoms with E-state index in [1.807, 2.05) is 26.0 Å². The van der Waals surface area contributed by atoms with Gasteiger partial charge in [-0.2, -0.15) is 0 Å². The SMILES string of the molecule is COc1ccc(-c2cc(=O)n(CCNC(=O)Cn3cnc(C(C)C)cc3=O)cn2)cc1. The minimum atomic E-state index is -0.336. The first-order valence-electron chi connectivity index (χ1n) is 9.91. The molecule has 162 valence electrons. The summed E-state index contributed by atoms with van der Waals surface area (Å²) < 4.78 is 7.79. The number of amides is 1. The second kappa shape index (κ2) is 9.84. The lowest BCUT2D eigenvalue weighted by atomic mass is 10.1. The summed E-state index contributed by atoms with van der Waals surface area (Å²) in [7, 11) is 1.59. The number of carbonyl (C=O) groups is 1. The van der Waals surface area contributed by atoms with E-state index in [9.17, 15) is 14.4 Å². The molecule has 0 saturated carbocycles. The van der Waals surface area contributed by atoms with Gasteiger partial charge in [0.05, 0.1) is 31.2 Å². The van der Waals surface area contributed by atoms with E-state index in [4.69, 9.17) is 4.74 Å². The molecule has 3 rings (SSSR count). The lowest BCUT2D eigenvalue weighted by Crippen LogP contribution is -2.35. The predicted octanol–water partition coefficient (Wildman–Crippen LogP) is 1.42. The molecule has 2 heterocycles. The van der Waals surface area contributed by atoms with Crippen LogP contribution in [0.25, 0.3) is 11.3 Å². The summed E-state index contributed by atoms with van der Waals surface area (Å²) in [5.74, 6) is 0.526. The van der Waals surface area contributed by atoms with E-state index in [1.54, 1.807) is 19.2 Å². The summed E-state index contributed by atoms with van der Waals surface area (Å²) in [5.41, 5.74) is 1.56. The fourth-order valence-electron chi connectivity index (χ4n) is 2.91. The van der Waals surface area contributed by atoms with Crippen LogP contribution in [0.15, 0.2) is 58.6 Å². The molecule has 0 spiro atoms. The van der Waals surface area contributed by atoms with Crippen molar-refractivity contribution in [2.24, 2.45) is 0 Å². The second-order valence-corrected chi connectivity index (χ2v) is 7.32. The average Bonchev–Trinajstić information content (AvgIpc) is 2.76. The average molecular weight is 423 g/mol. The minimum absolute atomic E-state index is 0.131. The summed E-state index contributed by atoms with van der Waals surface area (Å²) in [6.07, 6.45) is 2.83. The molecule has 9 nitrogen and oxygen atoms in total. The number of hydrogen-bond acceptors (Lipinski definition) is 6. The fourth-order valence-corrected chi connectivity index (χ4v) is 2.91. The van der Waals surface area contributed by atoms with Gasteiger partial charge >= 0.3 is 0 Å². The van der Waals surface area contributed by atoms with Crippen LogP contribution < -0.4 is 21.2 Å². The van der Waals surface area contributed by atoms with Crippen LogP contribution in [0.4, 0.5) is 0 Å². The Labute approximate surface area is 179 Å². The maximum Gasteiger partial charge on any atom is 0.254 e. The number of hydrogen-bond donors (Lipinski definition) is 1. The summed E-state index contributed by atoms with van der Waals surface area (Å²) in [6, 6.07) is 10.1. The van der Waals surface area contributed by atoms with Gasteiger partial charge in [0.25, 0.3) is 11.1 Å². The highest BCUT2D eigenvalue weighted by molar-refractivity contribution is 5.75. The Morgan fingerprint density at radius 2 is 1.71 bits per heavy atom. The van der Waals surface area contributed by atoms with Gasteiger partial charge < -0.3 is 10.1 Å². The number of benzene rings is 1. The highest BCUT2D eigenvalue weighted by Crippen LogP contribution is 2.19. The zero-order valence-corrected chi connectivity index (χ0v) is 17.7. The Kier molecular flexibility index (Phi) is 6.96. The predicted molar refractivity (Wildman–Crippen MR) is 116 cm³/mol. The van der Waals surface area contributed by atoms with Crippen LogP contribution in [0, 0.1) is 0 Å². The summed E-state index contributed by atoms with van der Waals surface area (Å²) in [5, 5.41) is 2.70. The monoisotopic (exact) mass is 423 g/mol. The number of aromatic nitrogens is 4. The van der Waals surface area contributed by atoms with Crippen molar-refractivity contribution in [2.45, 2.75) is 32.9 Å². The lowest BCUT2D eigenvalue weighted by Gasteiger charge is -2.10. The Morgan fingerprint density at radius 3 is 2.32 bits per heavy atom. The van der Waals surface area contributed by atoms with Gasteiger partial charge in [-0.1, -0.05) is 13.8 Å². The van der Waals surface area contributed by atoms with Crippen molar-refractivity contribution in [1.29, 1.82) is 0 Å². The molecule has 0 aliphatic rings. The van der Waals surface area contributed by atoms with E-state index >= 15 is 0 Å². The third-order valence-corrected chi connectivity index (χ3v) is 4.75. The molecule has 1 aromatic carbocycles. The molecule has 2 aromatic heterocycles. The Morgan fingerprint density at radius 1 is 1.03 bits per heavy atom. The zero-order chi connectivity index (χ0) is 22.4. The van der Waals surface area contributed by atoms with Crippen LogP contribution >= 0.6 is 0 Å². The molecule has 0 aliphatic carbocycles. The van der Waals surface area contributed by atoms with Gasteiger partial charge in [-0.25, -0.2) is 9.97 Å². The lowest BCUT2D eigenvalue weighted by molar-refractivity contribution is -0.121. The smallest absolute Gasteiger partial charge is 0.254 e. The molecular weight excluding hydrogens is 398 g/mol. The molecule has 0 saturated heterocycles. The standard InChI is InChI=1S/C22H25N5O4/c1-15(2)18-10-22(30)27(14-24-18)12-20(28)23-8-9-26-13-25-19(11-21(26)29)16-4-6-17(31-3)7-5-16/h4-7,10-11,13-15H,8-9,12H2,1-3H3,(H,23,28). The summed E-state index contributed by atoms with van der Waals surface area (Å²) in [6.45, 7) is 4.25. The van der Waals surface area contributed by atoms with Gasteiger partial charge in [0.15, 0.2) is 0 Å². The minimum Gasteiger partial charge on any atom is -0.497 e. The summed E-state index contributed by atoms with van der Waals surface area (Å²) in [4.78, 5) is 45.1. The first kappa shape index (κ1) is 21.9.